The maximum absolute atomic E-state index is 14.2. The number of nitrogens with one attached hydrogen (secondary N) is 1. The van der Waals surface area contributed by atoms with Crippen molar-refractivity contribution in [3.8, 4) is 11.5 Å². The largest absolute Gasteiger partial charge is 0.493 e. The van der Waals surface area contributed by atoms with Gasteiger partial charge in [-0.2, -0.15) is 0 Å². The molecular formula is C31H38ClN3O6S. The molecule has 0 fully saturated rings. The van der Waals surface area contributed by atoms with Gasteiger partial charge in [-0.15, -0.1) is 0 Å². The minimum atomic E-state index is -4.27. The molecule has 3 aromatic carbocycles. The normalized spacial score (nSPS) is 12.6. The molecule has 0 saturated carbocycles. The number of ether oxygens (including phenoxy) is 2. The third-order valence-electron chi connectivity index (χ3n) is 6.95. The lowest BCUT2D eigenvalue weighted by molar-refractivity contribution is -0.140. The fourth-order valence-corrected chi connectivity index (χ4v) is 6.02. The van der Waals surface area contributed by atoms with Gasteiger partial charge in [0.2, 0.25) is 11.8 Å². The summed E-state index contributed by atoms with van der Waals surface area (Å²) < 4.78 is 39.8. The Labute approximate surface area is 253 Å². The number of halogens is 1. The highest BCUT2D eigenvalue weighted by Gasteiger charge is 2.34. The highest BCUT2D eigenvalue weighted by Crippen LogP contribution is 2.32. The van der Waals surface area contributed by atoms with Gasteiger partial charge in [-0.3, -0.25) is 13.9 Å². The number of hydrogen-bond donors (Lipinski definition) is 1. The number of methoxy groups -OCH3 is 2. The predicted octanol–water partition coefficient (Wildman–Crippen LogP) is 5.27. The van der Waals surface area contributed by atoms with Crippen LogP contribution in [0.3, 0.4) is 0 Å². The van der Waals surface area contributed by atoms with E-state index in [2.05, 4.69) is 5.32 Å². The van der Waals surface area contributed by atoms with Gasteiger partial charge in [0, 0.05) is 23.7 Å². The van der Waals surface area contributed by atoms with E-state index in [1.807, 2.05) is 20.8 Å². The number of amides is 2. The summed E-state index contributed by atoms with van der Waals surface area (Å²) in [4.78, 5) is 28.8. The molecule has 2 atom stereocenters. The van der Waals surface area contributed by atoms with Crippen LogP contribution in [0.4, 0.5) is 5.69 Å². The van der Waals surface area contributed by atoms with Crippen LogP contribution < -0.4 is 19.1 Å². The van der Waals surface area contributed by atoms with Gasteiger partial charge in [-0.25, -0.2) is 8.42 Å². The molecule has 0 aliphatic rings. The highest BCUT2D eigenvalue weighted by atomic mass is 35.5. The summed E-state index contributed by atoms with van der Waals surface area (Å²) in [5, 5.41) is 3.39. The zero-order chi connectivity index (χ0) is 30.9. The number of nitrogens with zero attached hydrogens (tertiary/aromatic N) is 2. The molecule has 0 aliphatic carbocycles. The maximum Gasteiger partial charge on any atom is 0.264 e. The minimum absolute atomic E-state index is 0.0178. The third kappa shape index (κ3) is 7.74. The average molecular weight is 616 g/mol. The summed E-state index contributed by atoms with van der Waals surface area (Å²) in [5.41, 5.74) is 0.923. The Balaban J connectivity index is 2.08. The number of hydrogen-bond acceptors (Lipinski definition) is 6. The van der Waals surface area contributed by atoms with Crippen LogP contribution in [0.1, 0.15) is 39.2 Å². The van der Waals surface area contributed by atoms with Crippen LogP contribution in [-0.4, -0.2) is 58.0 Å². The molecule has 0 aliphatic heterocycles. The number of sulfonamides is 1. The van der Waals surface area contributed by atoms with Crippen LogP contribution in [0.2, 0.25) is 5.02 Å². The summed E-state index contributed by atoms with van der Waals surface area (Å²) in [6.45, 7) is 5.11. The molecular weight excluding hydrogens is 578 g/mol. The molecule has 1 N–H and O–H groups in total. The molecule has 2 amide bonds. The van der Waals surface area contributed by atoms with Crippen LogP contribution >= 0.6 is 11.6 Å². The lowest BCUT2D eigenvalue weighted by Crippen LogP contribution is -2.53. The van der Waals surface area contributed by atoms with Crippen LogP contribution in [0.5, 0.6) is 11.5 Å². The molecule has 42 heavy (non-hydrogen) atoms. The quantitative estimate of drug-likeness (QED) is 0.265. The van der Waals surface area contributed by atoms with E-state index in [0.29, 0.717) is 29.2 Å². The summed E-state index contributed by atoms with van der Waals surface area (Å²) in [7, 11) is -1.41. The Morgan fingerprint density at radius 1 is 0.905 bits per heavy atom. The zero-order valence-electron chi connectivity index (χ0n) is 24.5. The van der Waals surface area contributed by atoms with Gasteiger partial charge in [0.1, 0.15) is 12.6 Å². The monoisotopic (exact) mass is 615 g/mol. The Morgan fingerprint density at radius 2 is 1.55 bits per heavy atom. The summed E-state index contributed by atoms with van der Waals surface area (Å²) in [5.74, 6) is -0.288. The number of para-hydroxylation sites is 1. The summed E-state index contributed by atoms with van der Waals surface area (Å²) in [6.07, 6.45) is 1.03. The zero-order valence-corrected chi connectivity index (χ0v) is 26.1. The lowest BCUT2D eigenvalue weighted by Gasteiger charge is -2.34. The minimum Gasteiger partial charge on any atom is -0.493 e. The Hall–Kier alpha value is -3.76. The molecule has 0 aromatic heterocycles. The fourth-order valence-electron chi connectivity index (χ4n) is 4.40. The molecule has 0 spiro atoms. The first kappa shape index (κ1) is 32.8. The smallest absolute Gasteiger partial charge is 0.264 e. The van der Waals surface area contributed by atoms with E-state index in [0.717, 1.165) is 4.31 Å². The van der Waals surface area contributed by atoms with Gasteiger partial charge in [0.05, 0.1) is 24.8 Å². The van der Waals surface area contributed by atoms with E-state index in [9.17, 15) is 18.0 Å². The van der Waals surface area contributed by atoms with E-state index < -0.39 is 28.5 Å². The molecule has 226 valence electrons. The summed E-state index contributed by atoms with van der Waals surface area (Å²) in [6, 6.07) is 18.7. The lowest BCUT2D eigenvalue weighted by atomic mass is 10.1. The first-order chi connectivity index (χ1) is 20.1. The molecule has 11 heteroatoms. The van der Waals surface area contributed by atoms with Crippen molar-refractivity contribution in [1.82, 2.24) is 10.2 Å². The molecule has 0 saturated heterocycles. The van der Waals surface area contributed by atoms with Crippen molar-refractivity contribution in [3.63, 3.8) is 0 Å². The van der Waals surface area contributed by atoms with E-state index in [-0.39, 0.29) is 34.8 Å². The van der Waals surface area contributed by atoms with Gasteiger partial charge >= 0.3 is 0 Å². The Bertz CT molecular complexity index is 1470. The number of rotatable bonds is 14. The van der Waals surface area contributed by atoms with Crippen LogP contribution in [0, 0.1) is 0 Å². The van der Waals surface area contributed by atoms with E-state index in [4.69, 9.17) is 21.1 Å². The predicted molar refractivity (Wildman–Crippen MR) is 164 cm³/mol. The van der Waals surface area contributed by atoms with Crippen molar-refractivity contribution in [1.29, 1.82) is 0 Å². The average Bonchev–Trinajstić information content (AvgIpc) is 3.00. The molecule has 0 bridgehead atoms. The molecule has 3 aromatic rings. The SMILES string of the molecule is CC[C@@H](C)NC(=O)[C@@H](CC)N(Cc1ccccc1Cl)C(=O)CN(c1ccccc1)S(=O)(=O)c1ccc(OC)c(OC)c1. The van der Waals surface area contributed by atoms with Crippen molar-refractivity contribution in [3.05, 3.63) is 83.4 Å². The molecule has 0 unspecified atom stereocenters. The molecule has 3 rings (SSSR count). The van der Waals surface area contributed by atoms with Crippen LogP contribution in [0.15, 0.2) is 77.7 Å². The topological polar surface area (TPSA) is 105 Å². The summed E-state index contributed by atoms with van der Waals surface area (Å²) >= 11 is 6.45. The van der Waals surface area contributed by atoms with Crippen molar-refractivity contribution < 1.29 is 27.5 Å². The number of carbonyl (C=O) groups is 2. The fraction of sp³-hybridized carbons (Fsp3) is 0.355. The van der Waals surface area contributed by atoms with E-state index in [1.54, 1.807) is 54.6 Å². The second-order valence-corrected chi connectivity index (χ2v) is 12.0. The Morgan fingerprint density at radius 3 is 2.14 bits per heavy atom. The van der Waals surface area contributed by atoms with E-state index >= 15 is 0 Å². The van der Waals surface area contributed by atoms with Crippen molar-refractivity contribution in [2.45, 2.75) is 57.1 Å². The van der Waals surface area contributed by atoms with Gasteiger partial charge < -0.3 is 19.7 Å². The number of benzene rings is 3. The standard InChI is InChI=1S/C31H38ClN3O6S/c1-6-22(3)33-31(37)27(7-2)34(20-23-13-11-12-16-26(23)32)30(36)21-35(24-14-9-8-10-15-24)42(38,39)25-17-18-28(40-4)29(19-25)41-5/h8-19,22,27H,6-7,20-21H2,1-5H3,(H,33,37)/t22-,27-/m1/s1. The van der Waals surface area contributed by atoms with Gasteiger partial charge in [-0.05, 0) is 55.7 Å². The van der Waals surface area contributed by atoms with E-state index in [1.165, 1.54) is 37.3 Å². The molecule has 9 nitrogen and oxygen atoms in total. The van der Waals surface area contributed by atoms with Crippen LogP contribution in [-0.2, 0) is 26.2 Å². The first-order valence-electron chi connectivity index (χ1n) is 13.7. The Kier molecular flexibility index (Phi) is 11.6. The number of anilines is 1. The van der Waals surface area contributed by atoms with Gasteiger partial charge in [0.15, 0.2) is 11.5 Å². The molecule has 0 radical (unpaired) electrons. The van der Waals surface area contributed by atoms with Gasteiger partial charge in [0.25, 0.3) is 10.0 Å². The highest BCUT2D eigenvalue weighted by molar-refractivity contribution is 7.92. The van der Waals surface area contributed by atoms with Crippen molar-refractivity contribution >= 4 is 39.1 Å². The first-order valence-corrected chi connectivity index (χ1v) is 15.5. The van der Waals surface area contributed by atoms with Crippen molar-refractivity contribution in [2.24, 2.45) is 0 Å². The third-order valence-corrected chi connectivity index (χ3v) is 9.09. The van der Waals surface area contributed by atoms with Crippen LogP contribution in [0.25, 0.3) is 0 Å². The van der Waals surface area contributed by atoms with Gasteiger partial charge in [-0.1, -0.05) is 61.8 Å². The number of carbonyl (C=O) groups excluding carboxylic acids is 2. The van der Waals surface area contributed by atoms with Crippen molar-refractivity contribution in [2.75, 3.05) is 25.1 Å². The maximum atomic E-state index is 14.2. The second-order valence-electron chi connectivity index (χ2n) is 9.72. The molecule has 0 heterocycles. The second kappa shape index (κ2) is 14.9.